The molecule has 1 amide bonds. The smallest absolute Gasteiger partial charge is 0.240 e. The van der Waals surface area contributed by atoms with E-state index in [1.54, 1.807) is 35.5 Å². The van der Waals surface area contributed by atoms with E-state index in [2.05, 4.69) is 23.6 Å². The molecular formula is C19H25N3O3S. The van der Waals surface area contributed by atoms with Crippen molar-refractivity contribution < 1.29 is 13.2 Å². The molecule has 0 radical (unpaired) electrons. The zero-order valence-electron chi connectivity index (χ0n) is 15.3. The Morgan fingerprint density at radius 1 is 1.19 bits per heavy atom. The molecule has 6 nitrogen and oxygen atoms in total. The van der Waals surface area contributed by atoms with Crippen LogP contribution >= 0.6 is 0 Å². The van der Waals surface area contributed by atoms with Crippen LogP contribution in [0, 0.1) is 0 Å². The third-order valence-corrected chi connectivity index (χ3v) is 5.55. The highest BCUT2D eigenvalue weighted by atomic mass is 32.2. The van der Waals surface area contributed by atoms with Crippen LogP contribution < -0.4 is 4.72 Å². The van der Waals surface area contributed by atoms with Gasteiger partial charge in [0.1, 0.15) is 0 Å². The van der Waals surface area contributed by atoms with Gasteiger partial charge < -0.3 is 4.90 Å². The summed E-state index contributed by atoms with van der Waals surface area (Å²) >= 11 is 0. The van der Waals surface area contributed by atoms with Gasteiger partial charge in [0, 0.05) is 39.0 Å². The fraction of sp³-hybridized carbons (Fsp3) is 0.368. The Labute approximate surface area is 155 Å². The van der Waals surface area contributed by atoms with Crippen LogP contribution in [0.2, 0.25) is 0 Å². The van der Waals surface area contributed by atoms with E-state index in [-0.39, 0.29) is 23.9 Å². The molecular weight excluding hydrogens is 350 g/mol. The van der Waals surface area contributed by atoms with Crippen molar-refractivity contribution in [3.05, 3.63) is 59.9 Å². The Morgan fingerprint density at radius 3 is 2.42 bits per heavy atom. The number of hydrogen-bond acceptors (Lipinski definition) is 4. The van der Waals surface area contributed by atoms with Crippen molar-refractivity contribution in [1.29, 1.82) is 0 Å². The predicted octanol–water partition coefficient (Wildman–Crippen LogP) is 2.53. The number of benzene rings is 1. The van der Waals surface area contributed by atoms with E-state index in [0.29, 0.717) is 12.5 Å². The molecule has 0 saturated carbocycles. The van der Waals surface area contributed by atoms with Crippen molar-refractivity contribution in [3.63, 3.8) is 0 Å². The molecule has 26 heavy (non-hydrogen) atoms. The molecule has 1 N–H and O–H groups in total. The monoisotopic (exact) mass is 375 g/mol. The molecule has 1 heterocycles. The molecule has 0 spiro atoms. The first-order chi connectivity index (χ1) is 12.3. The summed E-state index contributed by atoms with van der Waals surface area (Å²) in [5, 5.41) is 0. The fourth-order valence-electron chi connectivity index (χ4n) is 2.49. The average molecular weight is 375 g/mol. The van der Waals surface area contributed by atoms with Crippen LogP contribution in [0.1, 0.15) is 37.8 Å². The van der Waals surface area contributed by atoms with E-state index in [4.69, 9.17) is 0 Å². The second kappa shape index (κ2) is 8.91. The minimum atomic E-state index is -3.60. The van der Waals surface area contributed by atoms with Crippen LogP contribution in [-0.2, 0) is 21.4 Å². The second-order valence-electron chi connectivity index (χ2n) is 6.42. The van der Waals surface area contributed by atoms with E-state index in [1.165, 1.54) is 6.92 Å². The average Bonchev–Trinajstić information content (AvgIpc) is 2.61. The van der Waals surface area contributed by atoms with Gasteiger partial charge in [-0.15, -0.1) is 0 Å². The third kappa shape index (κ3) is 5.64. The van der Waals surface area contributed by atoms with Crippen molar-refractivity contribution in [2.45, 2.75) is 38.1 Å². The highest BCUT2D eigenvalue weighted by Crippen LogP contribution is 2.17. The molecule has 0 bridgehead atoms. The number of amides is 1. The van der Waals surface area contributed by atoms with Crippen molar-refractivity contribution in [1.82, 2.24) is 14.6 Å². The summed E-state index contributed by atoms with van der Waals surface area (Å²) in [4.78, 5) is 17.6. The van der Waals surface area contributed by atoms with E-state index in [9.17, 15) is 13.2 Å². The van der Waals surface area contributed by atoms with E-state index in [1.807, 2.05) is 18.2 Å². The topological polar surface area (TPSA) is 79.4 Å². The second-order valence-corrected chi connectivity index (χ2v) is 8.19. The van der Waals surface area contributed by atoms with Crippen LogP contribution in [0.25, 0.3) is 0 Å². The van der Waals surface area contributed by atoms with Crippen molar-refractivity contribution in [2.24, 2.45) is 0 Å². The largest absolute Gasteiger partial charge is 0.337 e. The minimum Gasteiger partial charge on any atom is -0.337 e. The molecule has 2 rings (SSSR count). The number of nitrogens with zero attached hydrogens (tertiary/aromatic N) is 2. The summed E-state index contributed by atoms with van der Waals surface area (Å²) in [5.41, 5.74) is 1.98. The van der Waals surface area contributed by atoms with Crippen LogP contribution in [-0.4, -0.2) is 37.3 Å². The standard InChI is InChI=1S/C19H25N3O3S/c1-15(2)18-6-8-19(9-7-18)26(24,25)21-11-12-22(16(3)23)14-17-5-4-10-20-13-17/h4-10,13,15,21H,11-12,14H2,1-3H3. The Kier molecular flexibility index (Phi) is 6.88. The van der Waals surface area contributed by atoms with Gasteiger partial charge >= 0.3 is 0 Å². The third-order valence-electron chi connectivity index (χ3n) is 4.07. The molecule has 2 aromatic rings. The zero-order chi connectivity index (χ0) is 19.2. The van der Waals surface area contributed by atoms with Gasteiger partial charge in [-0.05, 0) is 35.2 Å². The van der Waals surface area contributed by atoms with Crippen LogP contribution in [0.3, 0.4) is 0 Å². The Balaban J connectivity index is 1.96. The number of pyridine rings is 1. The number of aromatic nitrogens is 1. The van der Waals surface area contributed by atoms with Crippen molar-refractivity contribution in [3.8, 4) is 0 Å². The summed E-state index contributed by atoms with van der Waals surface area (Å²) in [5.74, 6) is 0.227. The number of carbonyl (C=O) groups excluding carboxylic acids is 1. The lowest BCUT2D eigenvalue weighted by Crippen LogP contribution is -2.37. The normalized spacial score (nSPS) is 11.5. The van der Waals surface area contributed by atoms with Crippen molar-refractivity contribution in [2.75, 3.05) is 13.1 Å². The first-order valence-electron chi connectivity index (χ1n) is 8.53. The van der Waals surface area contributed by atoms with Gasteiger partial charge in [0.25, 0.3) is 0 Å². The van der Waals surface area contributed by atoms with E-state index < -0.39 is 10.0 Å². The van der Waals surface area contributed by atoms with Gasteiger partial charge in [-0.1, -0.05) is 32.0 Å². The lowest BCUT2D eigenvalue weighted by molar-refractivity contribution is -0.129. The molecule has 0 unspecified atom stereocenters. The Bertz CT molecular complexity index is 819. The number of carbonyl (C=O) groups is 1. The highest BCUT2D eigenvalue weighted by molar-refractivity contribution is 7.89. The maximum absolute atomic E-state index is 12.4. The van der Waals surface area contributed by atoms with Gasteiger partial charge in [0.05, 0.1) is 4.90 Å². The van der Waals surface area contributed by atoms with Crippen molar-refractivity contribution >= 4 is 15.9 Å². The summed E-state index contributed by atoms with van der Waals surface area (Å²) < 4.78 is 27.4. The van der Waals surface area contributed by atoms with Gasteiger partial charge in [-0.25, -0.2) is 13.1 Å². The molecule has 0 aliphatic heterocycles. The van der Waals surface area contributed by atoms with Crippen LogP contribution in [0.5, 0.6) is 0 Å². The summed E-state index contributed by atoms with van der Waals surface area (Å²) in [7, 11) is -3.60. The molecule has 1 aromatic carbocycles. The molecule has 0 saturated heterocycles. The van der Waals surface area contributed by atoms with E-state index >= 15 is 0 Å². The number of rotatable bonds is 8. The molecule has 0 atom stereocenters. The van der Waals surface area contributed by atoms with Gasteiger partial charge in [0.15, 0.2) is 0 Å². The molecule has 0 aliphatic carbocycles. The Morgan fingerprint density at radius 2 is 1.88 bits per heavy atom. The van der Waals surface area contributed by atoms with Gasteiger partial charge in [-0.2, -0.15) is 0 Å². The molecule has 0 fully saturated rings. The van der Waals surface area contributed by atoms with Gasteiger partial charge in [0.2, 0.25) is 15.9 Å². The number of sulfonamides is 1. The quantitative estimate of drug-likeness (QED) is 0.769. The molecule has 1 aromatic heterocycles. The van der Waals surface area contributed by atoms with Crippen LogP contribution in [0.4, 0.5) is 0 Å². The first kappa shape index (κ1) is 20.1. The lowest BCUT2D eigenvalue weighted by atomic mass is 10.0. The molecule has 7 heteroatoms. The summed E-state index contributed by atoms with van der Waals surface area (Å²) in [6, 6.07) is 10.5. The van der Waals surface area contributed by atoms with E-state index in [0.717, 1.165) is 11.1 Å². The molecule has 140 valence electrons. The maximum atomic E-state index is 12.4. The lowest BCUT2D eigenvalue weighted by Gasteiger charge is -2.21. The SMILES string of the molecule is CC(=O)N(CCNS(=O)(=O)c1ccc(C(C)C)cc1)Cc1cccnc1. The summed E-state index contributed by atoms with van der Waals surface area (Å²) in [6.45, 7) is 6.41. The van der Waals surface area contributed by atoms with Gasteiger partial charge in [-0.3, -0.25) is 9.78 Å². The number of nitrogens with one attached hydrogen (secondary N) is 1. The zero-order valence-corrected chi connectivity index (χ0v) is 16.2. The maximum Gasteiger partial charge on any atom is 0.240 e. The predicted molar refractivity (Wildman–Crippen MR) is 101 cm³/mol. The summed E-state index contributed by atoms with van der Waals surface area (Å²) in [6.07, 6.45) is 3.36. The minimum absolute atomic E-state index is 0.116. The molecule has 0 aliphatic rings. The Hall–Kier alpha value is -2.25. The fourth-order valence-corrected chi connectivity index (χ4v) is 3.51. The number of hydrogen-bond donors (Lipinski definition) is 1. The highest BCUT2D eigenvalue weighted by Gasteiger charge is 2.16. The first-order valence-corrected chi connectivity index (χ1v) is 10.0. The van der Waals surface area contributed by atoms with Crippen LogP contribution in [0.15, 0.2) is 53.7 Å².